The Balaban J connectivity index is 2.35. The van der Waals surface area contributed by atoms with Crippen LogP contribution in [-0.2, 0) is 14.9 Å². The Hall–Kier alpha value is -3.09. The standard InChI is InChI=1S/C27H38N2O5/c1-8-9-10-11-18(20-13-15-24(32-5)29-25(20)33-6)17-23(30)28-22-16-19(26(31)34-7)12-14-21(22)27(2,3)4/h12-16,18H,8-11,17H2,1-7H3,(H,28,30). The number of nitrogens with zero attached hydrogens (tertiary/aromatic N) is 1. The van der Waals surface area contributed by atoms with E-state index in [-0.39, 0.29) is 23.7 Å². The quantitative estimate of drug-likeness (QED) is 0.326. The molecule has 1 aromatic carbocycles. The molecule has 7 heteroatoms. The number of rotatable bonds is 11. The molecule has 2 rings (SSSR count). The number of carbonyl (C=O) groups is 2. The third-order valence-corrected chi connectivity index (χ3v) is 5.82. The van der Waals surface area contributed by atoms with Gasteiger partial charge in [-0.25, -0.2) is 4.79 Å². The van der Waals surface area contributed by atoms with Crippen molar-refractivity contribution in [2.24, 2.45) is 0 Å². The van der Waals surface area contributed by atoms with Gasteiger partial charge in [0.1, 0.15) is 0 Å². The van der Waals surface area contributed by atoms with Crippen LogP contribution < -0.4 is 14.8 Å². The fraction of sp³-hybridized carbons (Fsp3) is 0.519. The minimum absolute atomic E-state index is 0.0678. The van der Waals surface area contributed by atoms with E-state index in [1.54, 1.807) is 32.4 Å². The van der Waals surface area contributed by atoms with Crippen molar-refractivity contribution in [2.45, 2.75) is 71.1 Å². The average Bonchev–Trinajstić information content (AvgIpc) is 2.81. The lowest BCUT2D eigenvalue weighted by Gasteiger charge is -2.24. The lowest BCUT2D eigenvalue weighted by molar-refractivity contribution is -0.116. The van der Waals surface area contributed by atoms with Gasteiger partial charge in [-0.1, -0.05) is 53.0 Å². The summed E-state index contributed by atoms with van der Waals surface area (Å²) in [4.78, 5) is 29.8. The summed E-state index contributed by atoms with van der Waals surface area (Å²) in [5.41, 5.74) is 2.62. The largest absolute Gasteiger partial charge is 0.481 e. The Morgan fingerprint density at radius 3 is 2.35 bits per heavy atom. The van der Waals surface area contributed by atoms with E-state index in [9.17, 15) is 9.59 Å². The van der Waals surface area contributed by atoms with E-state index in [0.29, 0.717) is 23.0 Å². The zero-order valence-electron chi connectivity index (χ0n) is 21.5. The molecule has 34 heavy (non-hydrogen) atoms. The number of methoxy groups -OCH3 is 3. The predicted octanol–water partition coefficient (Wildman–Crippen LogP) is 5.88. The summed E-state index contributed by atoms with van der Waals surface area (Å²) in [6.45, 7) is 8.35. The Morgan fingerprint density at radius 1 is 1.03 bits per heavy atom. The SMILES string of the molecule is CCCCCC(CC(=O)Nc1cc(C(=O)OC)ccc1C(C)(C)C)c1ccc(OC)nc1OC. The second kappa shape index (κ2) is 12.4. The van der Waals surface area contributed by atoms with Gasteiger partial charge in [-0.3, -0.25) is 4.79 Å². The van der Waals surface area contributed by atoms with Gasteiger partial charge in [-0.15, -0.1) is 0 Å². The molecule has 0 saturated heterocycles. The summed E-state index contributed by atoms with van der Waals surface area (Å²) < 4.78 is 15.6. The summed E-state index contributed by atoms with van der Waals surface area (Å²) in [6.07, 6.45) is 4.26. The van der Waals surface area contributed by atoms with Crippen LogP contribution in [0.2, 0.25) is 0 Å². The third-order valence-electron chi connectivity index (χ3n) is 5.82. The minimum Gasteiger partial charge on any atom is -0.481 e. The molecule has 7 nitrogen and oxygen atoms in total. The number of hydrogen-bond acceptors (Lipinski definition) is 6. The van der Waals surface area contributed by atoms with Crippen molar-refractivity contribution in [3.63, 3.8) is 0 Å². The maximum absolute atomic E-state index is 13.3. The van der Waals surface area contributed by atoms with E-state index in [4.69, 9.17) is 14.2 Å². The van der Waals surface area contributed by atoms with Crippen LogP contribution in [0.25, 0.3) is 0 Å². The zero-order valence-corrected chi connectivity index (χ0v) is 21.5. The lowest BCUT2D eigenvalue weighted by atomic mass is 9.85. The lowest BCUT2D eigenvalue weighted by Crippen LogP contribution is -2.21. The van der Waals surface area contributed by atoms with Gasteiger partial charge in [0.2, 0.25) is 17.7 Å². The maximum Gasteiger partial charge on any atom is 0.337 e. The summed E-state index contributed by atoms with van der Waals surface area (Å²) in [5, 5.41) is 3.05. The van der Waals surface area contributed by atoms with Gasteiger partial charge in [0.25, 0.3) is 0 Å². The van der Waals surface area contributed by atoms with Crippen LogP contribution in [0.15, 0.2) is 30.3 Å². The van der Waals surface area contributed by atoms with Crippen molar-refractivity contribution in [1.82, 2.24) is 4.98 Å². The van der Waals surface area contributed by atoms with Crippen molar-refractivity contribution >= 4 is 17.6 Å². The topological polar surface area (TPSA) is 86.8 Å². The van der Waals surface area contributed by atoms with Crippen LogP contribution in [0, 0.1) is 0 Å². The van der Waals surface area contributed by atoms with Gasteiger partial charge in [-0.05, 0) is 41.5 Å². The first kappa shape index (κ1) is 27.2. The molecule has 1 atom stereocenters. The van der Waals surface area contributed by atoms with E-state index in [0.717, 1.165) is 36.8 Å². The number of benzene rings is 1. The molecule has 0 fully saturated rings. The van der Waals surface area contributed by atoms with Crippen molar-refractivity contribution < 1.29 is 23.8 Å². The maximum atomic E-state index is 13.3. The smallest absolute Gasteiger partial charge is 0.337 e. The minimum atomic E-state index is -0.442. The monoisotopic (exact) mass is 470 g/mol. The summed E-state index contributed by atoms with van der Waals surface area (Å²) >= 11 is 0. The van der Waals surface area contributed by atoms with E-state index in [1.807, 2.05) is 12.1 Å². The number of aromatic nitrogens is 1. The molecular formula is C27H38N2O5. The number of ether oxygens (including phenoxy) is 3. The van der Waals surface area contributed by atoms with Gasteiger partial charge in [0, 0.05) is 23.7 Å². The Labute approximate surface area is 203 Å². The van der Waals surface area contributed by atoms with Crippen LogP contribution in [0.1, 0.15) is 87.2 Å². The van der Waals surface area contributed by atoms with Crippen molar-refractivity contribution in [3.05, 3.63) is 47.0 Å². The molecule has 0 saturated carbocycles. The van der Waals surface area contributed by atoms with Crippen LogP contribution >= 0.6 is 0 Å². The molecule has 2 aromatic rings. The predicted molar refractivity (Wildman–Crippen MR) is 134 cm³/mol. The molecule has 1 N–H and O–H groups in total. The van der Waals surface area contributed by atoms with Crippen LogP contribution in [0.4, 0.5) is 5.69 Å². The van der Waals surface area contributed by atoms with Gasteiger partial charge < -0.3 is 19.5 Å². The Bertz CT molecular complexity index is 981. The number of pyridine rings is 1. The molecule has 1 aromatic heterocycles. The highest BCUT2D eigenvalue weighted by molar-refractivity contribution is 5.96. The highest BCUT2D eigenvalue weighted by Gasteiger charge is 2.24. The Morgan fingerprint density at radius 2 is 1.76 bits per heavy atom. The zero-order chi connectivity index (χ0) is 25.3. The van der Waals surface area contributed by atoms with Crippen LogP contribution in [0.3, 0.4) is 0 Å². The number of carbonyl (C=O) groups excluding carboxylic acids is 2. The van der Waals surface area contributed by atoms with Gasteiger partial charge in [-0.2, -0.15) is 4.98 Å². The summed E-state index contributed by atoms with van der Waals surface area (Å²) in [7, 11) is 4.47. The Kier molecular flexibility index (Phi) is 9.90. The highest BCUT2D eigenvalue weighted by Crippen LogP contribution is 2.35. The number of esters is 1. The first-order valence-corrected chi connectivity index (χ1v) is 11.8. The molecule has 186 valence electrons. The number of anilines is 1. The van der Waals surface area contributed by atoms with Gasteiger partial charge >= 0.3 is 5.97 Å². The fourth-order valence-corrected chi connectivity index (χ4v) is 4.00. The second-order valence-corrected chi connectivity index (χ2v) is 9.40. The van der Waals surface area contributed by atoms with Gasteiger partial charge in [0.05, 0.1) is 26.9 Å². The normalized spacial score (nSPS) is 12.1. The number of unbranched alkanes of at least 4 members (excludes halogenated alkanes) is 2. The molecule has 0 aliphatic heterocycles. The van der Waals surface area contributed by atoms with E-state index in [1.165, 1.54) is 7.11 Å². The molecular weight excluding hydrogens is 432 g/mol. The molecule has 1 unspecified atom stereocenters. The number of amides is 1. The average molecular weight is 471 g/mol. The molecule has 0 aliphatic rings. The van der Waals surface area contributed by atoms with Crippen molar-refractivity contribution in [1.29, 1.82) is 0 Å². The summed E-state index contributed by atoms with van der Waals surface area (Å²) in [5.74, 6) is 0.291. The molecule has 0 radical (unpaired) electrons. The first-order chi connectivity index (χ1) is 16.1. The second-order valence-electron chi connectivity index (χ2n) is 9.40. The molecule has 0 bridgehead atoms. The first-order valence-electron chi connectivity index (χ1n) is 11.8. The fourth-order valence-electron chi connectivity index (χ4n) is 4.00. The third kappa shape index (κ3) is 7.20. The molecule has 0 aliphatic carbocycles. The van der Waals surface area contributed by atoms with E-state index >= 15 is 0 Å². The molecule has 0 spiro atoms. The molecule has 1 heterocycles. The van der Waals surface area contributed by atoms with Crippen molar-refractivity contribution in [3.8, 4) is 11.8 Å². The number of nitrogens with one attached hydrogen (secondary N) is 1. The molecule has 1 amide bonds. The van der Waals surface area contributed by atoms with E-state index < -0.39 is 5.97 Å². The van der Waals surface area contributed by atoms with Crippen LogP contribution in [0.5, 0.6) is 11.8 Å². The summed E-state index contributed by atoms with van der Waals surface area (Å²) in [6, 6.07) is 9.00. The van der Waals surface area contributed by atoms with Gasteiger partial charge in [0.15, 0.2) is 0 Å². The van der Waals surface area contributed by atoms with E-state index in [2.05, 4.69) is 38.0 Å². The van der Waals surface area contributed by atoms with Crippen LogP contribution in [-0.4, -0.2) is 38.2 Å². The van der Waals surface area contributed by atoms with Crippen molar-refractivity contribution in [2.75, 3.05) is 26.6 Å². The highest BCUT2D eigenvalue weighted by atomic mass is 16.5. The number of hydrogen-bond donors (Lipinski definition) is 1.